The normalized spacial score (nSPS) is 27.7. The first kappa shape index (κ1) is 13.7. The summed E-state index contributed by atoms with van der Waals surface area (Å²) < 4.78 is 5.47. The topological polar surface area (TPSA) is 35.0 Å². The van der Waals surface area contributed by atoms with Gasteiger partial charge in [-0.25, -0.2) is 0 Å². The lowest BCUT2D eigenvalue weighted by Gasteiger charge is -2.33. The van der Waals surface area contributed by atoms with Crippen LogP contribution in [0.25, 0.3) is 11.3 Å². The van der Waals surface area contributed by atoms with E-state index >= 15 is 0 Å². The van der Waals surface area contributed by atoms with Gasteiger partial charge in [0.25, 0.3) is 0 Å². The van der Waals surface area contributed by atoms with Crippen LogP contribution in [-0.4, -0.2) is 17.3 Å². The monoisotopic (exact) mass is 294 g/mol. The summed E-state index contributed by atoms with van der Waals surface area (Å²) in [6, 6.07) is 10.3. The molecule has 1 heterocycles. The van der Waals surface area contributed by atoms with Gasteiger partial charge in [-0.3, -0.25) is 0 Å². The van der Waals surface area contributed by atoms with E-state index in [2.05, 4.69) is 43.1 Å². The van der Waals surface area contributed by atoms with E-state index in [1.807, 2.05) is 18.2 Å². The van der Waals surface area contributed by atoms with Crippen molar-refractivity contribution in [1.29, 1.82) is 0 Å². The van der Waals surface area contributed by atoms with Crippen LogP contribution in [0.4, 0.5) is 0 Å². The largest absolute Gasteiger partial charge is 0.496 e. The lowest BCUT2D eigenvalue weighted by atomic mass is 9.70. The molecule has 2 aromatic rings. The summed E-state index contributed by atoms with van der Waals surface area (Å²) in [5.41, 5.74) is 4.99. The second-order valence-electron chi connectivity index (χ2n) is 7.38. The second kappa shape index (κ2) is 4.31. The number of hydrogen-bond donors (Lipinski definition) is 0. The van der Waals surface area contributed by atoms with Gasteiger partial charge in [-0.2, -0.15) is 10.2 Å². The fourth-order valence-corrected chi connectivity index (χ4v) is 4.56. The third kappa shape index (κ3) is 1.52. The molecule has 1 saturated carbocycles. The number of benzene rings is 1. The van der Waals surface area contributed by atoms with Gasteiger partial charge in [-0.1, -0.05) is 32.9 Å². The van der Waals surface area contributed by atoms with Crippen molar-refractivity contribution in [2.24, 2.45) is 5.41 Å². The Balaban J connectivity index is 1.88. The maximum absolute atomic E-state index is 5.47. The zero-order chi connectivity index (χ0) is 15.5. The maximum atomic E-state index is 5.47. The SMILES string of the molecule is COc1ccccc1-c1cc2c(nn1)C1(C)CCC2C1(C)C. The molecule has 0 spiro atoms. The summed E-state index contributed by atoms with van der Waals surface area (Å²) in [7, 11) is 1.70. The van der Waals surface area contributed by atoms with E-state index in [-0.39, 0.29) is 10.8 Å². The van der Waals surface area contributed by atoms with Gasteiger partial charge in [0.2, 0.25) is 0 Å². The number of aromatic nitrogens is 2. The Kier molecular flexibility index (Phi) is 2.69. The number of rotatable bonds is 2. The smallest absolute Gasteiger partial charge is 0.128 e. The van der Waals surface area contributed by atoms with Crippen LogP contribution in [0.15, 0.2) is 30.3 Å². The fourth-order valence-electron chi connectivity index (χ4n) is 4.56. The molecule has 0 N–H and O–H groups in total. The Morgan fingerprint density at radius 3 is 2.68 bits per heavy atom. The number of methoxy groups -OCH3 is 1. The number of nitrogens with zero attached hydrogens (tertiary/aromatic N) is 2. The third-order valence-electron chi connectivity index (χ3n) is 6.33. The molecule has 2 unspecified atom stereocenters. The number of ether oxygens (including phenoxy) is 1. The molecule has 1 aromatic heterocycles. The average molecular weight is 294 g/mol. The molecule has 3 heteroatoms. The van der Waals surface area contributed by atoms with Crippen LogP contribution < -0.4 is 4.74 Å². The van der Waals surface area contributed by atoms with E-state index in [9.17, 15) is 0 Å². The van der Waals surface area contributed by atoms with E-state index in [1.54, 1.807) is 7.11 Å². The highest BCUT2D eigenvalue weighted by molar-refractivity contribution is 5.68. The van der Waals surface area contributed by atoms with Crippen molar-refractivity contribution in [3.05, 3.63) is 41.6 Å². The quantitative estimate of drug-likeness (QED) is 0.827. The van der Waals surface area contributed by atoms with Gasteiger partial charge in [0, 0.05) is 11.0 Å². The molecule has 22 heavy (non-hydrogen) atoms. The first-order chi connectivity index (χ1) is 10.5. The van der Waals surface area contributed by atoms with Crippen LogP contribution in [0.2, 0.25) is 0 Å². The van der Waals surface area contributed by atoms with Crippen molar-refractivity contribution in [1.82, 2.24) is 10.2 Å². The van der Waals surface area contributed by atoms with Crippen molar-refractivity contribution in [2.75, 3.05) is 7.11 Å². The van der Waals surface area contributed by atoms with Gasteiger partial charge in [-0.05, 0) is 47.9 Å². The van der Waals surface area contributed by atoms with Crippen LogP contribution in [0.1, 0.15) is 50.8 Å². The minimum atomic E-state index is 0.166. The van der Waals surface area contributed by atoms with Crippen LogP contribution in [0.3, 0.4) is 0 Å². The molecule has 0 aliphatic heterocycles. The van der Waals surface area contributed by atoms with Crippen molar-refractivity contribution >= 4 is 0 Å². The van der Waals surface area contributed by atoms with Crippen LogP contribution in [0.5, 0.6) is 5.75 Å². The molecule has 0 saturated heterocycles. The molecule has 2 atom stereocenters. The van der Waals surface area contributed by atoms with Crippen LogP contribution in [-0.2, 0) is 5.41 Å². The molecule has 2 aliphatic rings. The highest BCUT2D eigenvalue weighted by atomic mass is 16.5. The van der Waals surface area contributed by atoms with E-state index in [4.69, 9.17) is 4.74 Å². The number of para-hydroxylation sites is 1. The summed E-state index contributed by atoms with van der Waals surface area (Å²) in [5.74, 6) is 1.45. The minimum Gasteiger partial charge on any atom is -0.496 e. The molecule has 2 bridgehead atoms. The Morgan fingerprint density at radius 2 is 1.91 bits per heavy atom. The zero-order valence-electron chi connectivity index (χ0n) is 13.7. The van der Waals surface area contributed by atoms with Crippen molar-refractivity contribution in [3.63, 3.8) is 0 Å². The van der Waals surface area contributed by atoms with Gasteiger partial charge in [-0.15, -0.1) is 0 Å². The maximum Gasteiger partial charge on any atom is 0.128 e. The Morgan fingerprint density at radius 1 is 1.14 bits per heavy atom. The minimum absolute atomic E-state index is 0.166. The van der Waals surface area contributed by atoms with E-state index < -0.39 is 0 Å². The van der Waals surface area contributed by atoms with E-state index in [1.165, 1.54) is 24.1 Å². The van der Waals surface area contributed by atoms with Crippen LogP contribution in [0, 0.1) is 5.41 Å². The standard InChI is InChI=1S/C19H22N2O/c1-18(2)14-9-10-19(18,3)17-13(14)11-15(20-21-17)12-7-5-6-8-16(12)22-4/h5-8,11,14H,9-10H2,1-4H3. The molecule has 0 radical (unpaired) electrons. The van der Waals surface area contributed by atoms with E-state index in [0.717, 1.165) is 17.0 Å². The summed E-state index contributed by atoms with van der Waals surface area (Å²) >= 11 is 0. The average Bonchev–Trinajstić information content (AvgIpc) is 2.86. The number of fused-ring (bicyclic) bond motifs is 5. The summed E-state index contributed by atoms with van der Waals surface area (Å²) in [6.07, 6.45) is 2.48. The first-order valence-electron chi connectivity index (χ1n) is 8.00. The predicted molar refractivity (Wildman–Crippen MR) is 87.1 cm³/mol. The molecule has 1 fully saturated rings. The van der Waals surface area contributed by atoms with Crippen molar-refractivity contribution < 1.29 is 4.74 Å². The van der Waals surface area contributed by atoms with Gasteiger partial charge in [0.15, 0.2) is 0 Å². The zero-order valence-corrected chi connectivity index (χ0v) is 13.7. The second-order valence-corrected chi connectivity index (χ2v) is 7.38. The Hall–Kier alpha value is -1.90. The Labute approximate surface area is 131 Å². The lowest BCUT2D eigenvalue weighted by Crippen LogP contribution is -2.32. The third-order valence-corrected chi connectivity index (χ3v) is 6.33. The van der Waals surface area contributed by atoms with Crippen LogP contribution >= 0.6 is 0 Å². The molecular weight excluding hydrogens is 272 g/mol. The summed E-state index contributed by atoms with van der Waals surface area (Å²) in [5, 5.41) is 9.18. The first-order valence-corrected chi connectivity index (χ1v) is 8.00. The highest BCUT2D eigenvalue weighted by Gasteiger charge is 2.60. The molecule has 0 amide bonds. The van der Waals surface area contributed by atoms with Crippen molar-refractivity contribution in [2.45, 2.75) is 44.9 Å². The molecule has 1 aromatic carbocycles. The molecule has 4 rings (SSSR count). The molecule has 2 aliphatic carbocycles. The number of hydrogen-bond acceptors (Lipinski definition) is 3. The summed E-state index contributed by atoms with van der Waals surface area (Å²) in [6.45, 7) is 7.13. The fraction of sp³-hybridized carbons (Fsp3) is 0.474. The predicted octanol–water partition coefficient (Wildman–Crippen LogP) is 4.33. The molecular formula is C19H22N2O. The molecule has 114 valence electrons. The van der Waals surface area contributed by atoms with Gasteiger partial charge < -0.3 is 4.74 Å². The highest BCUT2D eigenvalue weighted by Crippen LogP contribution is 2.67. The van der Waals surface area contributed by atoms with E-state index in [0.29, 0.717) is 5.92 Å². The van der Waals surface area contributed by atoms with Gasteiger partial charge in [0.1, 0.15) is 5.75 Å². The van der Waals surface area contributed by atoms with Crippen molar-refractivity contribution in [3.8, 4) is 17.0 Å². The lowest BCUT2D eigenvalue weighted by molar-refractivity contribution is 0.226. The van der Waals surface area contributed by atoms with Gasteiger partial charge in [0.05, 0.1) is 18.5 Å². The van der Waals surface area contributed by atoms with Gasteiger partial charge >= 0.3 is 0 Å². The Bertz CT molecular complexity index is 753. The molecule has 3 nitrogen and oxygen atoms in total. The summed E-state index contributed by atoms with van der Waals surface area (Å²) in [4.78, 5) is 0.